The number of alkyl halides is 1. The maximum absolute atomic E-state index is 13.9. The van der Waals surface area contributed by atoms with Gasteiger partial charge in [0.25, 0.3) is 5.91 Å². The van der Waals surface area contributed by atoms with Gasteiger partial charge in [0.2, 0.25) is 12.3 Å². The van der Waals surface area contributed by atoms with E-state index in [1.165, 1.54) is 19.4 Å². The lowest BCUT2D eigenvalue weighted by molar-refractivity contribution is -0.151. The molecule has 1 fully saturated rings. The molecule has 2 unspecified atom stereocenters. The summed E-state index contributed by atoms with van der Waals surface area (Å²) in [4.78, 5) is 82.9. The molecule has 0 spiro atoms. The maximum Gasteiger partial charge on any atom is 0.358 e. The van der Waals surface area contributed by atoms with Crippen LogP contribution in [0.1, 0.15) is 40.3 Å². The van der Waals surface area contributed by atoms with Gasteiger partial charge in [-0.25, -0.2) is 14.6 Å². The number of aliphatic carboxylic acids is 1. The summed E-state index contributed by atoms with van der Waals surface area (Å²) in [5.41, 5.74) is -0.493. The minimum Gasteiger partial charge on any atom is -0.497 e. The zero-order valence-corrected chi connectivity index (χ0v) is 26.9. The Labute approximate surface area is 282 Å². The number of amides is 3. The molecule has 3 amide bonds. The molecule has 5 rings (SSSR count). The number of hydrogen-bond donors (Lipinski definition) is 4. The van der Waals surface area contributed by atoms with Gasteiger partial charge in [0.15, 0.2) is 11.3 Å². The first-order valence-electron chi connectivity index (χ1n) is 14.2. The van der Waals surface area contributed by atoms with E-state index in [9.17, 15) is 33.9 Å². The number of benzene rings is 2. The number of aromatic amines is 1. The van der Waals surface area contributed by atoms with Gasteiger partial charge in [-0.3, -0.25) is 24.1 Å². The first kappa shape index (κ1) is 34.0. The lowest BCUT2D eigenvalue weighted by Crippen LogP contribution is -2.71. The second-order valence-electron chi connectivity index (χ2n) is 10.4. The Morgan fingerprint density at radius 1 is 1.21 bits per heavy atom. The Morgan fingerprint density at radius 3 is 2.62 bits per heavy atom. The molecule has 2 aliphatic heterocycles. The molecule has 2 aliphatic rings. The van der Waals surface area contributed by atoms with Gasteiger partial charge in [-0.05, 0) is 35.4 Å². The van der Waals surface area contributed by atoms with Crippen LogP contribution in [-0.2, 0) is 40.1 Å². The number of ether oxygens (including phenoxy) is 3. The van der Waals surface area contributed by atoms with Crippen LogP contribution in [0.4, 0.5) is 5.69 Å². The van der Waals surface area contributed by atoms with E-state index in [0.717, 1.165) is 23.6 Å². The van der Waals surface area contributed by atoms with Gasteiger partial charge in [-0.15, -0.1) is 11.8 Å². The molecule has 48 heavy (non-hydrogen) atoms. The van der Waals surface area contributed by atoms with E-state index in [4.69, 9.17) is 25.8 Å². The van der Waals surface area contributed by atoms with Crippen molar-refractivity contribution in [3.63, 3.8) is 0 Å². The topological polar surface area (TPSA) is 206 Å². The first-order valence-corrected chi connectivity index (χ1v) is 15.7. The van der Waals surface area contributed by atoms with Crippen molar-refractivity contribution >= 4 is 65.2 Å². The van der Waals surface area contributed by atoms with Crippen LogP contribution in [0.3, 0.4) is 0 Å². The normalized spacial score (nSPS) is 18.1. The number of thioether (sulfide) groups is 1. The molecule has 2 aromatic carbocycles. The Balaban J connectivity index is 1.37. The number of rotatable bonds is 13. The summed E-state index contributed by atoms with van der Waals surface area (Å²) in [5.74, 6) is -4.90. The zero-order valence-electron chi connectivity index (χ0n) is 25.3. The number of carboxylic acid groups (broad SMARTS) is 1. The largest absolute Gasteiger partial charge is 0.497 e. The minimum absolute atomic E-state index is 0.00686. The van der Waals surface area contributed by atoms with Crippen molar-refractivity contribution in [3.8, 4) is 5.75 Å². The van der Waals surface area contributed by atoms with Crippen LogP contribution in [0, 0.1) is 0 Å². The second-order valence-corrected chi connectivity index (χ2v) is 11.9. The SMILES string of the molecule is COc1ccc(COC(=O)c2c[nH]c(C(C(=O)N[C@@H]3C(=O)N4C(C(=O)O)=C(C(Cl)OC(C)=O)CS[C@@H]34)c3cccc(NC=O)c3)n2)cc1. The third-order valence-corrected chi connectivity index (χ3v) is 9.01. The summed E-state index contributed by atoms with van der Waals surface area (Å²) in [6, 6.07) is 12.1. The Morgan fingerprint density at radius 2 is 1.96 bits per heavy atom. The number of anilines is 1. The van der Waals surface area contributed by atoms with E-state index in [0.29, 0.717) is 29.0 Å². The lowest BCUT2D eigenvalue weighted by Gasteiger charge is -2.49. The van der Waals surface area contributed by atoms with Crippen LogP contribution < -0.4 is 15.4 Å². The number of carbonyl (C=O) groups is 6. The molecule has 15 nitrogen and oxygen atoms in total. The quantitative estimate of drug-likeness (QED) is 0.0879. The van der Waals surface area contributed by atoms with E-state index in [1.807, 2.05) is 0 Å². The fourth-order valence-corrected chi connectivity index (χ4v) is 6.88. The number of aromatic nitrogens is 2. The number of β-lactam (4-membered cyclic amide) rings is 1. The number of halogens is 1. The molecule has 1 aromatic heterocycles. The van der Waals surface area contributed by atoms with E-state index in [-0.39, 0.29) is 29.5 Å². The molecule has 0 saturated carbocycles. The highest BCUT2D eigenvalue weighted by molar-refractivity contribution is 8.00. The van der Waals surface area contributed by atoms with Crippen molar-refractivity contribution in [2.24, 2.45) is 0 Å². The number of nitrogens with zero attached hydrogens (tertiary/aromatic N) is 2. The van der Waals surface area contributed by atoms with Crippen molar-refractivity contribution in [2.45, 2.75) is 36.4 Å². The van der Waals surface area contributed by atoms with Crippen LogP contribution in [0.25, 0.3) is 0 Å². The Bertz CT molecular complexity index is 1800. The summed E-state index contributed by atoms with van der Waals surface area (Å²) in [5, 5.41) is 14.3. The molecule has 17 heteroatoms. The van der Waals surface area contributed by atoms with Crippen LogP contribution in [-0.4, -0.2) is 85.9 Å². The second kappa shape index (κ2) is 14.6. The number of esters is 2. The molecule has 1 saturated heterocycles. The average Bonchev–Trinajstić information content (AvgIpc) is 3.55. The highest BCUT2D eigenvalue weighted by Gasteiger charge is 2.55. The maximum atomic E-state index is 13.9. The molecule has 3 aromatic rings. The zero-order chi connectivity index (χ0) is 34.5. The summed E-state index contributed by atoms with van der Waals surface area (Å²) < 4.78 is 15.4. The van der Waals surface area contributed by atoms with Crippen LogP contribution in [0.15, 0.2) is 66.0 Å². The number of imidazole rings is 1. The van der Waals surface area contributed by atoms with E-state index in [2.05, 4.69) is 20.6 Å². The molecule has 250 valence electrons. The third-order valence-electron chi connectivity index (χ3n) is 7.36. The first-order chi connectivity index (χ1) is 23.0. The molecular weight excluding hydrogens is 670 g/mol. The molecular formula is C31H28ClN5O10S. The predicted molar refractivity (Wildman–Crippen MR) is 170 cm³/mol. The summed E-state index contributed by atoms with van der Waals surface area (Å²) in [7, 11) is 1.54. The van der Waals surface area contributed by atoms with Crippen molar-refractivity contribution in [3.05, 3.63) is 88.6 Å². The molecule has 4 atom stereocenters. The van der Waals surface area contributed by atoms with Crippen molar-refractivity contribution < 1.29 is 48.1 Å². The fraction of sp³-hybridized carbons (Fsp3) is 0.258. The van der Waals surface area contributed by atoms with Gasteiger partial charge in [0.05, 0.1) is 7.11 Å². The highest BCUT2D eigenvalue weighted by Crippen LogP contribution is 2.42. The molecule has 0 radical (unpaired) electrons. The smallest absolute Gasteiger partial charge is 0.358 e. The van der Waals surface area contributed by atoms with E-state index in [1.54, 1.807) is 42.5 Å². The molecule has 0 bridgehead atoms. The van der Waals surface area contributed by atoms with Crippen molar-refractivity contribution in [1.82, 2.24) is 20.2 Å². The summed E-state index contributed by atoms with van der Waals surface area (Å²) >= 11 is 7.27. The van der Waals surface area contributed by atoms with Gasteiger partial charge in [-0.2, -0.15) is 0 Å². The molecule has 3 heterocycles. The van der Waals surface area contributed by atoms with Crippen LogP contribution in [0.5, 0.6) is 5.75 Å². The fourth-order valence-electron chi connectivity index (χ4n) is 5.11. The number of methoxy groups -OCH3 is 1. The Hall–Kier alpha value is -5.35. The van der Waals surface area contributed by atoms with Crippen molar-refractivity contribution in [2.75, 3.05) is 18.2 Å². The summed E-state index contributed by atoms with van der Waals surface area (Å²) in [6.45, 7) is 1.07. The number of carboxylic acids is 1. The molecule has 0 aliphatic carbocycles. The third kappa shape index (κ3) is 7.13. The number of nitrogens with one attached hydrogen (secondary N) is 3. The number of hydrogen-bond acceptors (Lipinski definition) is 11. The van der Waals surface area contributed by atoms with Gasteiger partial charge >= 0.3 is 17.9 Å². The van der Waals surface area contributed by atoms with Gasteiger partial charge in [0.1, 0.15) is 41.2 Å². The minimum atomic E-state index is -1.45. The van der Waals surface area contributed by atoms with Crippen molar-refractivity contribution in [1.29, 1.82) is 0 Å². The number of H-pyrrole nitrogens is 1. The predicted octanol–water partition coefficient (Wildman–Crippen LogP) is 2.34. The number of fused-ring (bicyclic) bond motifs is 1. The summed E-state index contributed by atoms with van der Waals surface area (Å²) in [6.07, 6.45) is 1.75. The average molecular weight is 698 g/mol. The lowest BCUT2D eigenvalue weighted by atomic mass is 9.95. The van der Waals surface area contributed by atoms with Crippen LogP contribution in [0.2, 0.25) is 0 Å². The highest BCUT2D eigenvalue weighted by atomic mass is 35.5. The molecule has 4 N–H and O–H groups in total. The van der Waals surface area contributed by atoms with E-state index >= 15 is 0 Å². The number of carbonyl (C=O) groups excluding carboxylic acids is 5. The van der Waals surface area contributed by atoms with Gasteiger partial charge in [0, 0.05) is 30.1 Å². The van der Waals surface area contributed by atoms with Gasteiger partial charge in [-0.1, -0.05) is 35.9 Å². The van der Waals surface area contributed by atoms with Crippen LogP contribution >= 0.6 is 23.4 Å². The standard InChI is InChI=1S/C31H28ClN5O10S/c1-15(39)47-25(32)20-13-48-29-23(28(41)37(29)24(20)30(42)43)36-27(40)22(17-4-3-5-18(10-17)34-14-38)26-33-11-21(35-26)31(44)46-12-16-6-8-19(45-2)9-7-16/h3-11,14,22-23,25,29H,12-13H2,1-2H3,(H,33,35)(H,34,38)(H,36,40)(H,42,43)/t22?,23-,25?,29+/m1/s1. The van der Waals surface area contributed by atoms with E-state index < -0.39 is 58.3 Å². The van der Waals surface area contributed by atoms with Gasteiger partial charge < -0.3 is 34.9 Å². The monoisotopic (exact) mass is 697 g/mol. The Kier molecular flexibility index (Phi) is 10.3.